The van der Waals surface area contributed by atoms with Gasteiger partial charge in [-0.3, -0.25) is 16.0 Å². The molecule has 0 bridgehead atoms. The molecule has 1 aromatic rings. The van der Waals surface area contributed by atoms with E-state index in [1.165, 1.54) is 12.6 Å². The molecule has 0 saturated carbocycles. The number of nitrogens with two attached hydrogens (primary N) is 1. The largest absolute Gasteiger partial charge is 0.271 e. The van der Waals surface area contributed by atoms with Crippen LogP contribution in [0, 0.1) is 0 Å². The van der Waals surface area contributed by atoms with Crippen LogP contribution in [0.4, 0.5) is 0 Å². The van der Waals surface area contributed by atoms with Crippen LogP contribution in [0.1, 0.15) is 5.82 Å². The van der Waals surface area contributed by atoms with Gasteiger partial charge in [-0.05, 0) is 0 Å². The summed E-state index contributed by atoms with van der Waals surface area (Å²) in [6.07, 6.45) is 3.03. The van der Waals surface area contributed by atoms with E-state index in [2.05, 4.69) is 15.5 Å². The van der Waals surface area contributed by atoms with E-state index in [1.54, 1.807) is 11.7 Å². The van der Waals surface area contributed by atoms with E-state index < -0.39 is 9.84 Å². The van der Waals surface area contributed by atoms with Crippen LogP contribution in [0.2, 0.25) is 0 Å². The average Bonchev–Trinajstić information content (AvgIpc) is 2.48. The molecule has 0 fully saturated rings. The lowest BCUT2D eigenvalue weighted by molar-refractivity contribution is 0.525. The Labute approximate surface area is 88.6 Å². The quantitative estimate of drug-likeness (QED) is 0.461. The molecule has 1 atom stereocenters. The van der Waals surface area contributed by atoms with Crippen molar-refractivity contribution in [3.8, 4) is 0 Å². The molecule has 1 unspecified atom stereocenters. The highest BCUT2D eigenvalue weighted by Gasteiger charge is 2.16. The molecule has 1 rings (SSSR count). The van der Waals surface area contributed by atoms with Gasteiger partial charge >= 0.3 is 0 Å². The summed E-state index contributed by atoms with van der Waals surface area (Å²) in [4.78, 5) is 4.00. The van der Waals surface area contributed by atoms with Crippen molar-refractivity contribution in [1.82, 2.24) is 20.2 Å². The molecule has 7 nitrogen and oxygen atoms in total. The molecule has 86 valence electrons. The summed E-state index contributed by atoms with van der Waals surface area (Å²) in [6, 6.07) is -0.345. The first kappa shape index (κ1) is 12.1. The fraction of sp³-hybridized carbons (Fsp3) is 0.714. The summed E-state index contributed by atoms with van der Waals surface area (Å²) in [6.45, 7) is 0. The Bertz CT molecular complexity index is 413. The zero-order valence-corrected chi connectivity index (χ0v) is 9.53. The number of nitrogens with one attached hydrogen (secondary N) is 1. The fourth-order valence-electron chi connectivity index (χ4n) is 1.26. The number of aryl methyl sites for hydroxylation is 1. The Morgan fingerprint density at radius 2 is 2.33 bits per heavy atom. The minimum Gasteiger partial charge on any atom is -0.271 e. The van der Waals surface area contributed by atoms with Crippen LogP contribution in [-0.4, -0.2) is 41.2 Å². The highest BCUT2D eigenvalue weighted by Crippen LogP contribution is 2.00. The average molecular weight is 233 g/mol. The van der Waals surface area contributed by atoms with E-state index in [0.717, 1.165) is 0 Å². The molecule has 15 heavy (non-hydrogen) atoms. The van der Waals surface area contributed by atoms with Gasteiger partial charge in [0, 0.05) is 25.8 Å². The van der Waals surface area contributed by atoms with Crippen LogP contribution in [0.3, 0.4) is 0 Å². The lowest BCUT2D eigenvalue weighted by Gasteiger charge is -2.13. The zero-order chi connectivity index (χ0) is 11.5. The summed E-state index contributed by atoms with van der Waals surface area (Å²) in [5, 5.41) is 3.89. The Morgan fingerprint density at radius 3 is 2.73 bits per heavy atom. The number of hydrazine groups is 1. The first-order valence-electron chi connectivity index (χ1n) is 4.39. The topological polar surface area (TPSA) is 103 Å². The molecule has 0 aromatic carbocycles. The van der Waals surface area contributed by atoms with E-state index in [9.17, 15) is 8.42 Å². The first-order valence-corrected chi connectivity index (χ1v) is 6.45. The van der Waals surface area contributed by atoms with Crippen molar-refractivity contribution in [2.45, 2.75) is 12.5 Å². The highest BCUT2D eigenvalue weighted by molar-refractivity contribution is 7.90. The number of hydrogen-bond acceptors (Lipinski definition) is 6. The zero-order valence-electron chi connectivity index (χ0n) is 8.71. The predicted octanol–water partition coefficient (Wildman–Crippen LogP) is -1.77. The van der Waals surface area contributed by atoms with Gasteiger partial charge in [0.25, 0.3) is 0 Å². The number of sulfone groups is 1. The second-order valence-corrected chi connectivity index (χ2v) is 5.64. The van der Waals surface area contributed by atoms with Crippen LogP contribution in [-0.2, 0) is 23.3 Å². The predicted molar refractivity (Wildman–Crippen MR) is 55.5 cm³/mol. The lowest BCUT2D eigenvalue weighted by atomic mass is 10.2. The van der Waals surface area contributed by atoms with E-state index in [-0.39, 0.29) is 11.8 Å². The van der Waals surface area contributed by atoms with E-state index in [0.29, 0.717) is 12.2 Å². The Hall–Kier alpha value is -0.990. The number of rotatable bonds is 5. The molecule has 1 heterocycles. The molecule has 0 spiro atoms. The van der Waals surface area contributed by atoms with Gasteiger partial charge in [-0.1, -0.05) is 0 Å². The minimum atomic E-state index is -3.05. The third-order valence-corrected chi connectivity index (χ3v) is 2.98. The van der Waals surface area contributed by atoms with Crippen molar-refractivity contribution >= 4 is 9.84 Å². The normalized spacial score (nSPS) is 14.1. The van der Waals surface area contributed by atoms with Gasteiger partial charge in [-0.15, -0.1) is 0 Å². The fourth-order valence-corrected chi connectivity index (χ4v) is 2.20. The van der Waals surface area contributed by atoms with Crippen LogP contribution >= 0.6 is 0 Å². The summed E-state index contributed by atoms with van der Waals surface area (Å²) in [5.41, 5.74) is 2.46. The lowest BCUT2D eigenvalue weighted by Crippen LogP contribution is -2.42. The van der Waals surface area contributed by atoms with Gasteiger partial charge in [0.2, 0.25) is 0 Å². The maximum atomic E-state index is 11.1. The maximum absolute atomic E-state index is 11.1. The van der Waals surface area contributed by atoms with Crippen molar-refractivity contribution in [1.29, 1.82) is 0 Å². The van der Waals surface area contributed by atoms with Crippen molar-refractivity contribution in [3.63, 3.8) is 0 Å². The Morgan fingerprint density at radius 1 is 1.67 bits per heavy atom. The number of aromatic nitrogens is 3. The maximum Gasteiger partial charge on any atom is 0.149 e. The standard InChI is InChI=1S/C7H15N5O2S/c1-12-7(9-5-10-12)3-6(11-8)4-15(2,13)14/h5-6,11H,3-4,8H2,1-2H3. The third-order valence-electron chi connectivity index (χ3n) is 1.97. The number of hydrogen-bond donors (Lipinski definition) is 2. The first-order chi connectivity index (χ1) is 6.92. The van der Waals surface area contributed by atoms with Gasteiger partial charge in [0.15, 0.2) is 0 Å². The van der Waals surface area contributed by atoms with Crippen molar-refractivity contribution in [3.05, 3.63) is 12.2 Å². The van der Waals surface area contributed by atoms with Crippen LogP contribution in [0.5, 0.6) is 0 Å². The molecule has 0 radical (unpaired) electrons. The summed E-state index contributed by atoms with van der Waals surface area (Å²) < 4.78 is 23.7. The van der Waals surface area contributed by atoms with Crippen molar-refractivity contribution < 1.29 is 8.42 Å². The molecule has 3 N–H and O–H groups in total. The number of nitrogens with zero attached hydrogens (tertiary/aromatic N) is 3. The van der Waals surface area contributed by atoms with Gasteiger partial charge in [-0.25, -0.2) is 13.4 Å². The second-order valence-electron chi connectivity index (χ2n) is 3.46. The van der Waals surface area contributed by atoms with E-state index >= 15 is 0 Å². The summed E-state index contributed by atoms with van der Waals surface area (Å²) in [7, 11) is -1.31. The molecular formula is C7H15N5O2S. The van der Waals surface area contributed by atoms with Gasteiger partial charge in [-0.2, -0.15) is 5.10 Å². The molecular weight excluding hydrogens is 218 g/mol. The van der Waals surface area contributed by atoms with Crippen LogP contribution < -0.4 is 11.3 Å². The van der Waals surface area contributed by atoms with Crippen LogP contribution in [0.15, 0.2) is 6.33 Å². The molecule has 8 heteroatoms. The van der Waals surface area contributed by atoms with E-state index in [4.69, 9.17) is 5.84 Å². The molecule has 1 aromatic heterocycles. The smallest absolute Gasteiger partial charge is 0.149 e. The van der Waals surface area contributed by atoms with Gasteiger partial charge in [0.05, 0.1) is 5.75 Å². The monoisotopic (exact) mass is 233 g/mol. The van der Waals surface area contributed by atoms with Crippen LogP contribution in [0.25, 0.3) is 0 Å². The highest BCUT2D eigenvalue weighted by atomic mass is 32.2. The summed E-state index contributed by atoms with van der Waals surface area (Å²) in [5.74, 6) is 5.95. The molecule has 0 aliphatic carbocycles. The molecule has 0 amide bonds. The third kappa shape index (κ3) is 3.94. The SMILES string of the molecule is Cn1ncnc1CC(CS(C)(=O)=O)NN. The Kier molecular flexibility index (Phi) is 3.77. The minimum absolute atomic E-state index is 0.0175. The Balaban J connectivity index is 2.66. The summed E-state index contributed by atoms with van der Waals surface area (Å²) >= 11 is 0. The molecule has 0 saturated heterocycles. The van der Waals surface area contributed by atoms with Crippen molar-refractivity contribution in [2.24, 2.45) is 12.9 Å². The molecule has 0 aliphatic rings. The second kappa shape index (κ2) is 4.69. The van der Waals surface area contributed by atoms with Gasteiger partial charge < -0.3 is 0 Å². The van der Waals surface area contributed by atoms with Crippen molar-refractivity contribution in [2.75, 3.05) is 12.0 Å². The molecule has 0 aliphatic heterocycles. The van der Waals surface area contributed by atoms with Gasteiger partial charge in [0.1, 0.15) is 22.0 Å². The van der Waals surface area contributed by atoms with E-state index in [1.807, 2.05) is 0 Å².